The second-order valence-electron chi connectivity index (χ2n) is 7.35. The van der Waals surface area contributed by atoms with E-state index in [0.29, 0.717) is 4.68 Å². The molecule has 3 rings (SSSR count). The number of alkyl halides is 3. The molecular formula is C17H26F3N5OS. The molecule has 0 radical (unpaired) electrons. The molecule has 0 spiro atoms. The van der Waals surface area contributed by atoms with Gasteiger partial charge < -0.3 is 10.7 Å². The number of nitrogens with zero attached hydrogens (tertiary/aromatic N) is 4. The predicted octanol–water partition coefficient (Wildman–Crippen LogP) is 3.60. The third-order valence-electron chi connectivity index (χ3n) is 5.47. The van der Waals surface area contributed by atoms with E-state index in [-0.39, 0.29) is 28.9 Å². The highest BCUT2D eigenvalue weighted by molar-refractivity contribution is 7.99. The van der Waals surface area contributed by atoms with Crippen LogP contribution in [-0.2, 0) is 11.0 Å². The van der Waals surface area contributed by atoms with Crippen LogP contribution in [0.3, 0.4) is 0 Å². The van der Waals surface area contributed by atoms with Gasteiger partial charge in [0.2, 0.25) is 11.1 Å². The fourth-order valence-electron chi connectivity index (χ4n) is 4.19. The van der Waals surface area contributed by atoms with Crippen molar-refractivity contribution in [1.82, 2.24) is 19.8 Å². The molecule has 0 atom stereocenters. The third-order valence-corrected chi connectivity index (χ3v) is 6.39. The molecule has 152 valence electrons. The number of hydrogen-bond acceptors (Lipinski definition) is 5. The molecule has 27 heavy (non-hydrogen) atoms. The van der Waals surface area contributed by atoms with Crippen LogP contribution in [0, 0.1) is 0 Å². The summed E-state index contributed by atoms with van der Waals surface area (Å²) < 4.78 is 38.8. The van der Waals surface area contributed by atoms with Crippen molar-refractivity contribution in [2.24, 2.45) is 0 Å². The van der Waals surface area contributed by atoms with Crippen LogP contribution in [0.15, 0.2) is 5.16 Å². The van der Waals surface area contributed by atoms with E-state index >= 15 is 0 Å². The molecule has 2 aliphatic rings. The number of thioether (sulfide) groups is 1. The fraction of sp³-hybridized carbons (Fsp3) is 0.824. The van der Waals surface area contributed by atoms with Gasteiger partial charge in [0.05, 0.1) is 5.75 Å². The van der Waals surface area contributed by atoms with Crippen LogP contribution in [0.5, 0.6) is 0 Å². The predicted molar refractivity (Wildman–Crippen MR) is 96.5 cm³/mol. The molecule has 0 unspecified atom stereocenters. The number of nitrogen functional groups attached to an aromatic ring is 1. The maximum Gasteiger partial charge on any atom is 0.453 e. The molecule has 1 heterocycles. The Morgan fingerprint density at radius 2 is 1.56 bits per heavy atom. The van der Waals surface area contributed by atoms with Gasteiger partial charge in [-0.3, -0.25) is 4.79 Å². The van der Waals surface area contributed by atoms with E-state index < -0.39 is 12.0 Å². The molecule has 10 heteroatoms. The minimum absolute atomic E-state index is 0.0280. The Balaban J connectivity index is 1.68. The van der Waals surface area contributed by atoms with Gasteiger partial charge in [0.25, 0.3) is 5.82 Å². The zero-order valence-corrected chi connectivity index (χ0v) is 16.1. The van der Waals surface area contributed by atoms with Crippen molar-refractivity contribution in [1.29, 1.82) is 0 Å². The number of carbonyl (C=O) groups is 1. The maximum absolute atomic E-state index is 13.0. The summed E-state index contributed by atoms with van der Waals surface area (Å²) in [7, 11) is 0. The van der Waals surface area contributed by atoms with Gasteiger partial charge in [-0.05, 0) is 25.7 Å². The topological polar surface area (TPSA) is 77.0 Å². The normalized spacial score (nSPS) is 20.0. The van der Waals surface area contributed by atoms with Crippen molar-refractivity contribution < 1.29 is 18.0 Å². The SMILES string of the molecule is Nn1c(SCC(=O)N(C2CCCCC2)C2CCCCC2)nnc1C(F)(F)F. The number of rotatable bonds is 5. The van der Waals surface area contributed by atoms with Gasteiger partial charge in [0, 0.05) is 12.1 Å². The summed E-state index contributed by atoms with van der Waals surface area (Å²) >= 11 is 0.922. The molecule has 2 fully saturated rings. The molecule has 0 aliphatic heterocycles. The summed E-state index contributed by atoms with van der Waals surface area (Å²) in [6, 6.07) is 0.493. The van der Waals surface area contributed by atoms with Gasteiger partial charge >= 0.3 is 6.18 Å². The van der Waals surface area contributed by atoms with E-state index in [1.54, 1.807) is 0 Å². The fourth-order valence-corrected chi connectivity index (χ4v) is 4.92. The summed E-state index contributed by atoms with van der Waals surface area (Å²) in [5.41, 5.74) is 0. The van der Waals surface area contributed by atoms with Crippen molar-refractivity contribution in [2.45, 2.75) is 87.6 Å². The number of halogens is 3. The molecule has 0 bridgehead atoms. The van der Waals surface area contributed by atoms with Crippen LogP contribution in [0.1, 0.15) is 70.0 Å². The lowest BCUT2D eigenvalue weighted by atomic mass is 9.88. The lowest BCUT2D eigenvalue weighted by Crippen LogP contribution is -2.49. The number of nitrogens with two attached hydrogens (primary N) is 1. The first kappa shape index (κ1) is 20.3. The zero-order valence-electron chi connectivity index (χ0n) is 15.2. The minimum Gasteiger partial charge on any atom is -0.336 e. The highest BCUT2D eigenvalue weighted by Crippen LogP contribution is 2.32. The quantitative estimate of drug-likeness (QED) is 0.598. The van der Waals surface area contributed by atoms with Crippen LogP contribution in [0.4, 0.5) is 13.2 Å². The first-order valence-corrected chi connectivity index (χ1v) is 10.6. The Labute approximate surface area is 161 Å². The molecule has 1 amide bonds. The van der Waals surface area contributed by atoms with Crippen LogP contribution >= 0.6 is 11.8 Å². The summed E-state index contributed by atoms with van der Waals surface area (Å²) in [5, 5.41) is 6.51. The Bertz CT molecular complexity index is 621. The monoisotopic (exact) mass is 405 g/mol. The molecule has 2 N–H and O–H groups in total. The van der Waals surface area contributed by atoms with E-state index in [1.165, 1.54) is 12.8 Å². The van der Waals surface area contributed by atoms with Crippen molar-refractivity contribution in [3.8, 4) is 0 Å². The second-order valence-corrected chi connectivity index (χ2v) is 8.29. The third kappa shape index (κ3) is 4.89. The van der Waals surface area contributed by atoms with Crippen molar-refractivity contribution in [3.05, 3.63) is 5.82 Å². The average Bonchev–Trinajstić information content (AvgIpc) is 3.03. The van der Waals surface area contributed by atoms with Gasteiger partial charge in [-0.15, -0.1) is 10.2 Å². The Kier molecular flexibility index (Phi) is 6.54. The second kappa shape index (κ2) is 8.70. The number of carbonyl (C=O) groups excluding carboxylic acids is 1. The van der Waals surface area contributed by atoms with Crippen LogP contribution in [0.25, 0.3) is 0 Å². The number of amides is 1. The highest BCUT2D eigenvalue weighted by Gasteiger charge is 2.38. The minimum atomic E-state index is -4.67. The Morgan fingerprint density at radius 1 is 1.04 bits per heavy atom. The van der Waals surface area contributed by atoms with Crippen molar-refractivity contribution in [3.63, 3.8) is 0 Å². The van der Waals surface area contributed by atoms with Gasteiger partial charge in [0.1, 0.15) is 0 Å². The van der Waals surface area contributed by atoms with Gasteiger partial charge in [-0.1, -0.05) is 50.3 Å². The zero-order chi connectivity index (χ0) is 19.4. The molecule has 1 aromatic rings. The van der Waals surface area contributed by atoms with Gasteiger partial charge in [-0.25, -0.2) is 4.68 Å². The standard InChI is InChI=1S/C17H26F3N5OS/c18-17(19,20)15-22-23-16(25(15)21)27-11-14(26)24(12-7-3-1-4-8-12)13-9-5-2-6-10-13/h12-13H,1-11,21H2. The average molecular weight is 405 g/mol. The van der Waals surface area contributed by atoms with Crippen molar-refractivity contribution >= 4 is 17.7 Å². The van der Waals surface area contributed by atoms with E-state index in [4.69, 9.17) is 5.84 Å². The van der Waals surface area contributed by atoms with E-state index in [2.05, 4.69) is 10.2 Å². The van der Waals surface area contributed by atoms with Crippen LogP contribution < -0.4 is 5.84 Å². The molecular weight excluding hydrogens is 379 g/mol. The first-order chi connectivity index (χ1) is 12.9. The van der Waals surface area contributed by atoms with E-state index in [0.717, 1.165) is 63.1 Å². The molecule has 0 aromatic carbocycles. The molecule has 1 aromatic heterocycles. The summed E-state index contributed by atoms with van der Waals surface area (Å²) in [6.07, 6.45) is 6.29. The Hall–Kier alpha value is -1.45. The van der Waals surface area contributed by atoms with Gasteiger partial charge in [-0.2, -0.15) is 13.2 Å². The smallest absolute Gasteiger partial charge is 0.336 e. The molecule has 6 nitrogen and oxygen atoms in total. The summed E-state index contributed by atoms with van der Waals surface area (Å²) in [5.74, 6) is 4.20. The first-order valence-electron chi connectivity index (χ1n) is 9.59. The number of hydrogen-bond donors (Lipinski definition) is 1. The van der Waals surface area contributed by atoms with Crippen LogP contribution in [0.2, 0.25) is 0 Å². The number of aromatic nitrogens is 3. The summed E-state index contributed by atoms with van der Waals surface area (Å²) in [4.78, 5) is 15.0. The lowest BCUT2D eigenvalue weighted by molar-refractivity contribution is -0.146. The van der Waals surface area contributed by atoms with E-state index in [9.17, 15) is 18.0 Å². The van der Waals surface area contributed by atoms with E-state index in [1.807, 2.05) is 4.90 Å². The Morgan fingerprint density at radius 3 is 2.00 bits per heavy atom. The largest absolute Gasteiger partial charge is 0.453 e. The molecule has 2 saturated carbocycles. The van der Waals surface area contributed by atoms with Crippen molar-refractivity contribution in [2.75, 3.05) is 11.6 Å². The molecule has 2 aliphatic carbocycles. The lowest BCUT2D eigenvalue weighted by Gasteiger charge is -2.41. The maximum atomic E-state index is 13.0. The van der Waals surface area contributed by atoms with Gasteiger partial charge in [0.15, 0.2) is 0 Å². The highest BCUT2D eigenvalue weighted by atomic mass is 32.2. The molecule has 0 saturated heterocycles. The summed E-state index contributed by atoms with van der Waals surface area (Å²) in [6.45, 7) is 0. The van der Waals surface area contributed by atoms with Crippen LogP contribution in [-0.4, -0.2) is 43.5 Å².